The third kappa shape index (κ3) is 1.24. The second-order valence-electron chi connectivity index (χ2n) is 3.77. The zero-order valence-electron chi connectivity index (χ0n) is 9.29. The molecule has 0 spiro atoms. The quantitative estimate of drug-likeness (QED) is 0.609. The Morgan fingerprint density at radius 3 is 2.82 bits per heavy atom. The van der Waals surface area contributed by atoms with Crippen LogP contribution < -0.4 is 11.5 Å². The Kier molecular flexibility index (Phi) is 1.91. The summed E-state index contributed by atoms with van der Waals surface area (Å²) < 4.78 is 2.50. The van der Waals surface area contributed by atoms with Crippen molar-refractivity contribution < 1.29 is 0 Å². The highest BCUT2D eigenvalue weighted by molar-refractivity contribution is 5.79. The van der Waals surface area contributed by atoms with E-state index in [-0.39, 0.29) is 5.69 Å². The maximum atomic E-state index is 12.1. The summed E-state index contributed by atoms with van der Waals surface area (Å²) in [4.78, 5) is 20.7. The molecule has 0 atom stereocenters. The Balaban J connectivity index is 2.59. The number of nitrogens with zero attached hydrogens (tertiary/aromatic N) is 4. The lowest BCUT2D eigenvalue weighted by atomic mass is 10.3. The van der Waals surface area contributed by atoms with Gasteiger partial charge in [-0.05, 0) is 12.1 Å². The predicted octanol–water partition coefficient (Wildman–Crippen LogP) is 0.320. The molecular formula is C11H11N5O. The number of para-hydroxylation sites is 2. The number of aromatic nitrogens is 4. The SMILES string of the molecule is CCc1nc2nc3ccccc3n2c(=O)n1N. The fraction of sp³-hybridized carbons (Fsp3) is 0.182. The second-order valence-corrected chi connectivity index (χ2v) is 3.77. The molecule has 2 heterocycles. The minimum absolute atomic E-state index is 0.319. The van der Waals surface area contributed by atoms with Gasteiger partial charge in [-0.3, -0.25) is 0 Å². The maximum absolute atomic E-state index is 12.1. The number of hydrogen-bond acceptors (Lipinski definition) is 4. The van der Waals surface area contributed by atoms with Crippen LogP contribution in [0, 0.1) is 0 Å². The van der Waals surface area contributed by atoms with Gasteiger partial charge in [0.25, 0.3) is 0 Å². The van der Waals surface area contributed by atoms with E-state index in [2.05, 4.69) is 9.97 Å². The van der Waals surface area contributed by atoms with Crippen molar-refractivity contribution in [2.24, 2.45) is 0 Å². The van der Waals surface area contributed by atoms with E-state index in [1.54, 1.807) is 0 Å². The van der Waals surface area contributed by atoms with Crippen LogP contribution in [0.1, 0.15) is 12.7 Å². The molecule has 2 aromatic heterocycles. The van der Waals surface area contributed by atoms with Gasteiger partial charge in [0.15, 0.2) is 0 Å². The zero-order valence-corrected chi connectivity index (χ0v) is 9.29. The van der Waals surface area contributed by atoms with Gasteiger partial charge in [0.2, 0.25) is 5.78 Å². The van der Waals surface area contributed by atoms with E-state index in [4.69, 9.17) is 5.84 Å². The average Bonchev–Trinajstić information content (AvgIpc) is 2.72. The lowest BCUT2D eigenvalue weighted by Crippen LogP contribution is -2.35. The molecule has 17 heavy (non-hydrogen) atoms. The molecule has 6 nitrogen and oxygen atoms in total. The minimum Gasteiger partial charge on any atom is -0.334 e. The van der Waals surface area contributed by atoms with Crippen LogP contribution in [0.25, 0.3) is 16.8 Å². The Labute approximate surface area is 96.3 Å². The van der Waals surface area contributed by atoms with Crippen LogP contribution in [0.5, 0.6) is 0 Å². The number of benzene rings is 1. The third-order valence-corrected chi connectivity index (χ3v) is 2.76. The van der Waals surface area contributed by atoms with Gasteiger partial charge in [-0.25, -0.2) is 14.2 Å². The van der Waals surface area contributed by atoms with Gasteiger partial charge >= 0.3 is 5.69 Å². The van der Waals surface area contributed by atoms with Crippen LogP contribution in [-0.4, -0.2) is 19.0 Å². The molecule has 6 heteroatoms. The van der Waals surface area contributed by atoms with E-state index < -0.39 is 0 Å². The van der Waals surface area contributed by atoms with Crippen LogP contribution >= 0.6 is 0 Å². The average molecular weight is 229 g/mol. The molecule has 86 valence electrons. The largest absolute Gasteiger partial charge is 0.355 e. The summed E-state index contributed by atoms with van der Waals surface area (Å²) in [5.41, 5.74) is 1.15. The molecule has 0 saturated heterocycles. The Morgan fingerprint density at radius 2 is 2.06 bits per heavy atom. The highest BCUT2D eigenvalue weighted by Gasteiger charge is 2.11. The zero-order chi connectivity index (χ0) is 12.0. The molecule has 0 radical (unpaired) electrons. The number of nitrogen functional groups attached to an aromatic ring is 1. The van der Waals surface area contributed by atoms with E-state index in [1.807, 2.05) is 31.2 Å². The monoisotopic (exact) mass is 229 g/mol. The van der Waals surface area contributed by atoms with E-state index in [0.29, 0.717) is 18.0 Å². The van der Waals surface area contributed by atoms with Crippen LogP contribution in [0.3, 0.4) is 0 Å². The summed E-state index contributed by atoms with van der Waals surface area (Å²) in [6.07, 6.45) is 0.589. The maximum Gasteiger partial charge on any atom is 0.355 e. The summed E-state index contributed by atoms with van der Waals surface area (Å²) >= 11 is 0. The first-order valence-corrected chi connectivity index (χ1v) is 5.36. The highest BCUT2D eigenvalue weighted by atomic mass is 16.2. The van der Waals surface area contributed by atoms with Crippen molar-refractivity contribution in [3.63, 3.8) is 0 Å². The Morgan fingerprint density at radius 1 is 1.29 bits per heavy atom. The van der Waals surface area contributed by atoms with E-state index in [1.165, 1.54) is 4.40 Å². The molecule has 0 aliphatic rings. The summed E-state index contributed by atoms with van der Waals surface area (Å²) in [5, 5.41) is 0. The van der Waals surface area contributed by atoms with Gasteiger partial charge in [-0.1, -0.05) is 19.1 Å². The smallest absolute Gasteiger partial charge is 0.334 e. The standard InChI is InChI=1S/C11H11N5O/c1-2-9-14-10-13-7-5-3-4-6-8(7)15(10)11(17)16(9)12/h3-6H,2,12H2,1H3. The lowest BCUT2D eigenvalue weighted by Gasteiger charge is -2.04. The van der Waals surface area contributed by atoms with Crippen molar-refractivity contribution >= 4 is 16.8 Å². The van der Waals surface area contributed by atoms with Crippen molar-refractivity contribution in [3.8, 4) is 0 Å². The normalized spacial score (nSPS) is 11.4. The van der Waals surface area contributed by atoms with E-state index in [0.717, 1.165) is 15.7 Å². The minimum atomic E-state index is -0.319. The lowest BCUT2D eigenvalue weighted by molar-refractivity contribution is 0.736. The van der Waals surface area contributed by atoms with Gasteiger partial charge in [-0.15, -0.1) is 0 Å². The van der Waals surface area contributed by atoms with Crippen molar-refractivity contribution in [1.82, 2.24) is 19.0 Å². The molecule has 0 aliphatic carbocycles. The van der Waals surface area contributed by atoms with Gasteiger partial charge < -0.3 is 5.84 Å². The number of hydrogen-bond donors (Lipinski definition) is 1. The van der Waals surface area contributed by atoms with Gasteiger partial charge in [-0.2, -0.15) is 9.66 Å². The predicted molar refractivity (Wildman–Crippen MR) is 64.3 cm³/mol. The third-order valence-electron chi connectivity index (χ3n) is 2.76. The molecule has 0 saturated carbocycles. The first-order valence-electron chi connectivity index (χ1n) is 5.36. The molecule has 2 N–H and O–H groups in total. The summed E-state index contributed by atoms with van der Waals surface area (Å²) in [6, 6.07) is 7.39. The Hall–Kier alpha value is -2.37. The van der Waals surface area contributed by atoms with Crippen molar-refractivity contribution in [2.45, 2.75) is 13.3 Å². The van der Waals surface area contributed by atoms with Crippen molar-refractivity contribution in [3.05, 3.63) is 40.6 Å². The van der Waals surface area contributed by atoms with Gasteiger partial charge in [0, 0.05) is 6.42 Å². The van der Waals surface area contributed by atoms with Crippen LogP contribution in [0.2, 0.25) is 0 Å². The van der Waals surface area contributed by atoms with Crippen LogP contribution in [0.15, 0.2) is 29.1 Å². The molecule has 1 aromatic carbocycles. The molecular weight excluding hydrogens is 218 g/mol. The van der Waals surface area contributed by atoms with Gasteiger partial charge in [0.1, 0.15) is 5.82 Å². The molecule has 3 rings (SSSR count). The first kappa shape index (κ1) is 9.83. The molecule has 0 unspecified atom stereocenters. The van der Waals surface area contributed by atoms with Gasteiger partial charge in [0.05, 0.1) is 11.0 Å². The molecule has 0 aliphatic heterocycles. The Bertz CT molecular complexity index is 770. The second kappa shape index (κ2) is 3.31. The fourth-order valence-corrected chi connectivity index (χ4v) is 1.91. The van der Waals surface area contributed by atoms with Crippen LogP contribution in [0.4, 0.5) is 0 Å². The fourth-order valence-electron chi connectivity index (χ4n) is 1.91. The number of nitrogens with two attached hydrogens (primary N) is 1. The number of imidazole rings is 1. The molecule has 0 bridgehead atoms. The number of aryl methyl sites for hydroxylation is 1. The molecule has 3 aromatic rings. The number of rotatable bonds is 1. The van der Waals surface area contributed by atoms with Crippen LogP contribution in [-0.2, 0) is 6.42 Å². The summed E-state index contributed by atoms with van der Waals surface area (Å²) in [5.74, 6) is 6.63. The first-order chi connectivity index (χ1) is 8.22. The van der Waals surface area contributed by atoms with E-state index >= 15 is 0 Å². The van der Waals surface area contributed by atoms with Crippen molar-refractivity contribution in [2.75, 3.05) is 5.84 Å². The summed E-state index contributed by atoms with van der Waals surface area (Å²) in [7, 11) is 0. The number of fused-ring (bicyclic) bond motifs is 3. The van der Waals surface area contributed by atoms with E-state index in [9.17, 15) is 4.79 Å². The summed E-state index contributed by atoms with van der Waals surface area (Å²) in [6.45, 7) is 1.89. The molecule has 0 fully saturated rings. The molecule has 0 amide bonds. The van der Waals surface area contributed by atoms with Crippen molar-refractivity contribution in [1.29, 1.82) is 0 Å². The topological polar surface area (TPSA) is 78.2 Å². The highest BCUT2D eigenvalue weighted by Crippen LogP contribution is 2.12.